The number of nitrogens with one attached hydrogen (secondary N) is 2. The molecule has 0 bridgehead atoms. The lowest BCUT2D eigenvalue weighted by atomic mass is 10.3. The van der Waals surface area contributed by atoms with Crippen molar-refractivity contribution in [3.05, 3.63) is 48.5 Å². The lowest BCUT2D eigenvalue weighted by Crippen LogP contribution is -2.18. The molecule has 0 atom stereocenters. The standard InChI is InChI=1S/C7H10N2O2S.C7H9NO3S/c1-9-12(10,11)7-4-2-3-6(8)5-7;1-8-12(10,11)7-4-2-3-6(9)5-7/h2-5,9H,8H2,1H3;2-5,8-9H,1H3. The molecule has 0 fully saturated rings. The van der Waals surface area contributed by atoms with Gasteiger partial charge >= 0.3 is 0 Å². The minimum atomic E-state index is -3.43. The molecule has 0 saturated carbocycles. The number of hydrogen-bond donors (Lipinski definition) is 4. The third-order valence-electron chi connectivity index (χ3n) is 2.83. The van der Waals surface area contributed by atoms with E-state index in [0.29, 0.717) is 5.69 Å². The fraction of sp³-hybridized carbons (Fsp3) is 0.143. The molecular weight excluding hydrogens is 354 g/mol. The molecule has 0 aliphatic rings. The summed E-state index contributed by atoms with van der Waals surface area (Å²) in [5, 5.41) is 8.98. The number of phenolic OH excluding ortho intramolecular Hbond substituents is 1. The summed E-state index contributed by atoms with van der Waals surface area (Å²) in [6.07, 6.45) is 0. The van der Waals surface area contributed by atoms with Gasteiger partial charge in [0.15, 0.2) is 0 Å². The molecule has 132 valence electrons. The van der Waals surface area contributed by atoms with E-state index in [-0.39, 0.29) is 15.5 Å². The first-order valence-corrected chi connectivity index (χ1v) is 9.60. The Bertz CT molecular complexity index is 821. The molecule has 2 aromatic rings. The van der Waals surface area contributed by atoms with Gasteiger partial charge in [-0.2, -0.15) is 0 Å². The smallest absolute Gasteiger partial charge is 0.240 e. The van der Waals surface area contributed by atoms with Crippen LogP contribution >= 0.6 is 0 Å². The van der Waals surface area contributed by atoms with E-state index in [2.05, 4.69) is 9.44 Å². The topological polar surface area (TPSA) is 139 Å². The average molecular weight is 373 g/mol. The molecule has 0 amide bonds. The molecule has 0 aromatic heterocycles. The second kappa shape index (κ2) is 8.11. The van der Waals surface area contributed by atoms with E-state index in [1.807, 2.05) is 0 Å². The van der Waals surface area contributed by atoms with Crippen LogP contribution in [0.2, 0.25) is 0 Å². The van der Waals surface area contributed by atoms with Crippen LogP contribution in [0.15, 0.2) is 58.3 Å². The normalized spacial score (nSPS) is 11.4. The van der Waals surface area contributed by atoms with E-state index >= 15 is 0 Å². The van der Waals surface area contributed by atoms with Crippen LogP contribution in [0.4, 0.5) is 5.69 Å². The highest BCUT2D eigenvalue weighted by molar-refractivity contribution is 7.89. The summed E-state index contributed by atoms with van der Waals surface area (Å²) in [6.45, 7) is 0. The molecule has 8 nitrogen and oxygen atoms in total. The van der Waals surface area contributed by atoms with Gasteiger partial charge in [-0.05, 0) is 50.5 Å². The van der Waals surface area contributed by atoms with Gasteiger partial charge in [-0.1, -0.05) is 12.1 Å². The molecule has 10 heteroatoms. The average Bonchev–Trinajstić information content (AvgIpc) is 2.55. The molecule has 0 unspecified atom stereocenters. The van der Waals surface area contributed by atoms with Crippen LogP contribution in [0, 0.1) is 0 Å². The zero-order chi connectivity index (χ0) is 18.4. The van der Waals surface area contributed by atoms with Gasteiger partial charge in [0, 0.05) is 5.69 Å². The molecule has 0 spiro atoms. The van der Waals surface area contributed by atoms with E-state index in [1.54, 1.807) is 12.1 Å². The van der Waals surface area contributed by atoms with E-state index in [1.165, 1.54) is 50.5 Å². The van der Waals surface area contributed by atoms with Gasteiger partial charge in [-0.3, -0.25) is 0 Å². The van der Waals surface area contributed by atoms with Gasteiger partial charge in [0.2, 0.25) is 20.0 Å². The lowest BCUT2D eigenvalue weighted by Gasteiger charge is -2.01. The maximum absolute atomic E-state index is 11.2. The summed E-state index contributed by atoms with van der Waals surface area (Å²) in [5.41, 5.74) is 5.85. The lowest BCUT2D eigenvalue weighted by molar-refractivity contribution is 0.473. The summed E-state index contributed by atoms with van der Waals surface area (Å²) >= 11 is 0. The third-order valence-corrected chi connectivity index (χ3v) is 5.66. The summed E-state index contributed by atoms with van der Waals surface area (Å²) in [4.78, 5) is 0.245. The van der Waals surface area contributed by atoms with Crippen molar-refractivity contribution in [2.75, 3.05) is 19.8 Å². The summed E-state index contributed by atoms with van der Waals surface area (Å²) in [6, 6.07) is 11.6. The summed E-state index contributed by atoms with van der Waals surface area (Å²) in [5.74, 6) is -0.0636. The predicted octanol–water partition coefficient (Wildman–Crippen LogP) is 0.477. The molecule has 0 heterocycles. The molecule has 24 heavy (non-hydrogen) atoms. The number of aromatic hydroxyl groups is 1. The van der Waals surface area contributed by atoms with Crippen molar-refractivity contribution in [1.29, 1.82) is 0 Å². The van der Waals surface area contributed by atoms with Gasteiger partial charge in [-0.25, -0.2) is 26.3 Å². The maximum atomic E-state index is 11.2. The molecule has 0 aliphatic heterocycles. The van der Waals surface area contributed by atoms with Crippen LogP contribution in [0.25, 0.3) is 0 Å². The van der Waals surface area contributed by atoms with Crippen molar-refractivity contribution in [3.8, 4) is 5.75 Å². The first kappa shape index (κ1) is 19.9. The Labute approximate surface area is 141 Å². The van der Waals surface area contributed by atoms with Gasteiger partial charge in [0.1, 0.15) is 5.75 Å². The molecule has 0 aliphatic carbocycles. The van der Waals surface area contributed by atoms with Gasteiger partial charge in [0.05, 0.1) is 9.79 Å². The highest BCUT2D eigenvalue weighted by atomic mass is 32.2. The van der Waals surface area contributed by atoms with E-state index < -0.39 is 20.0 Å². The van der Waals surface area contributed by atoms with Crippen LogP contribution in [0.3, 0.4) is 0 Å². The summed E-state index contributed by atoms with van der Waals surface area (Å²) in [7, 11) is -4.10. The number of nitrogen functional groups attached to an aromatic ring is 1. The molecule has 0 saturated heterocycles. The monoisotopic (exact) mass is 373 g/mol. The Morgan fingerprint density at radius 3 is 1.71 bits per heavy atom. The molecular formula is C14H19N3O5S2. The van der Waals surface area contributed by atoms with Crippen LogP contribution in [0.1, 0.15) is 0 Å². The van der Waals surface area contributed by atoms with Crippen LogP contribution < -0.4 is 15.2 Å². The van der Waals surface area contributed by atoms with Crippen LogP contribution in [-0.4, -0.2) is 36.0 Å². The number of hydrogen-bond acceptors (Lipinski definition) is 6. The van der Waals surface area contributed by atoms with Gasteiger partial charge in [0.25, 0.3) is 0 Å². The second-order valence-electron chi connectivity index (χ2n) is 4.48. The molecule has 5 N–H and O–H groups in total. The first-order valence-electron chi connectivity index (χ1n) is 6.64. The number of anilines is 1. The Balaban J connectivity index is 0.000000240. The van der Waals surface area contributed by atoms with Crippen molar-refractivity contribution in [2.45, 2.75) is 9.79 Å². The van der Waals surface area contributed by atoms with E-state index in [9.17, 15) is 16.8 Å². The minimum Gasteiger partial charge on any atom is -0.508 e. The van der Waals surface area contributed by atoms with Crippen LogP contribution in [-0.2, 0) is 20.0 Å². The van der Waals surface area contributed by atoms with Crippen molar-refractivity contribution in [1.82, 2.24) is 9.44 Å². The SMILES string of the molecule is CNS(=O)(=O)c1cccc(N)c1.CNS(=O)(=O)c1cccc(O)c1. The Kier molecular flexibility index (Phi) is 6.72. The number of phenols is 1. The van der Waals surface area contributed by atoms with Gasteiger partial charge in [-0.15, -0.1) is 0 Å². The number of sulfonamides is 2. The Morgan fingerprint density at radius 2 is 1.29 bits per heavy atom. The van der Waals surface area contributed by atoms with Gasteiger partial charge < -0.3 is 10.8 Å². The first-order chi connectivity index (χ1) is 11.1. The highest BCUT2D eigenvalue weighted by Crippen LogP contribution is 2.15. The number of nitrogens with two attached hydrogens (primary N) is 1. The maximum Gasteiger partial charge on any atom is 0.240 e. The van der Waals surface area contributed by atoms with E-state index in [0.717, 1.165) is 0 Å². The fourth-order valence-corrected chi connectivity index (χ4v) is 3.12. The third kappa shape index (κ3) is 5.49. The predicted molar refractivity (Wildman–Crippen MR) is 91.5 cm³/mol. The number of rotatable bonds is 4. The largest absolute Gasteiger partial charge is 0.508 e. The molecule has 2 rings (SSSR count). The zero-order valence-corrected chi connectivity index (χ0v) is 14.7. The highest BCUT2D eigenvalue weighted by Gasteiger charge is 2.11. The van der Waals surface area contributed by atoms with Crippen molar-refractivity contribution < 1.29 is 21.9 Å². The van der Waals surface area contributed by atoms with E-state index in [4.69, 9.17) is 10.8 Å². The number of benzene rings is 2. The fourth-order valence-electron chi connectivity index (χ4n) is 1.57. The molecule has 2 aromatic carbocycles. The quantitative estimate of drug-likeness (QED) is 0.575. The van der Waals surface area contributed by atoms with Crippen LogP contribution in [0.5, 0.6) is 5.75 Å². The second-order valence-corrected chi connectivity index (χ2v) is 8.26. The van der Waals surface area contributed by atoms with Crippen molar-refractivity contribution in [2.24, 2.45) is 0 Å². The van der Waals surface area contributed by atoms with Crippen molar-refractivity contribution in [3.63, 3.8) is 0 Å². The summed E-state index contributed by atoms with van der Waals surface area (Å²) < 4.78 is 49.0. The Hall–Kier alpha value is -2.14. The minimum absolute atomic E-state index is 0.0602. The van der Waals surface area contributed by atoms with Crippen molar-refractivity contribution >= 4 is 25.7 Å². The molecule has 0 radical (unpaired) electrons. The zero-order valence-electron chi connectivity index (χ0n) is 13.1. The Morgan fingerprint density at radius 1 is 0.833 bits per heavy atom.